The smallest absolute Gasteiger partial charge is 0.393 e. The molecule has 0 fully saturated rings. The van der Waals surface area contributed by atoms with E-state index in [2.05, 4.69) is 5.32 Å². The molecule has 5 nitrogen and oxygen atoms in total. The molecule has 170 valence electrons. The second-order valence-electron chi connectivity index (χ2n) is 8.37. The Bertz CT molecular complexity index is 1310. The number of hydrogen-bond acceptors (Lipinski definition) is 4. The molecule has 0 atom stereocenters. The number of aryl methyl sites for hydroxylation is 2. The van der Waals surface area contributed by atoms with E-state index in [9.17, 15) is 8.42 Å². The van der Waals surface area contributed by atoms with Gasteiger partial charge >= 0.3 is 6.97 Å². The van der Waals surface area contributed by atoms with Crippen molar-refractivity contribution in [1.82, 2.24) is 4.48 Å². The molecule has 10 heteroatoms. The zero-order valence-corrected chi connectivity index (χ0v) is 20.4. The molecule has 2 aromatic rings. The van der Waals surface area contributed by atoms with Crippen molar-refractivity contribution in [3.05, 3.63) is 70.2 Å². The molecule has 0 saturated carbocycles. The van der Waals surface area contributed by atoms with E-state index < -0.39 is 15.8 Å². The first-order chi connectivity index (χ1) is 14.9. The summed E-state index contributed by atoms with van der Waals surface area (Å²) in [6.07, 6.45) is 3.01. The standard InChI is InChI=1S/C22H26BF2N3O2S2/c1-14-12-16(3)27-21(14)20(22-15(2)13-17(4)28(22)23(27,24)25)18-6-8-19(9-7-18)26-10-11-31-32(5,29)30/h6-9,12-13,26H,10-11H2,1-5H3. The van der Waals surface area contributed by atoms with E-state index in [0.29, 0.717) is 35.1 Å². The maximum absolute atomic E-state index is 15.7. The topological polar surface area (TPSA) is 54.1 Å². The van der Waals surface area contributed by atoms with Gasteiger partial charge in [0.15, 0.2) is 14.6 Å². The van der Waals surface area contributed by atoms with Crippen LogP contribution in [0, 0.1) is 13.8 Å². The van der Waals surface area contributed by atoms with Crippen LogP contribution in [0.2, 0.25) is 0 Å². The van der Waals surface area contributed by atoms with Crippen LogP contribution in [-0.4, -0.2) is 48.6 Å². The van der Waals surface area contributed by atoms with E-state index in [-0.39, 0.29) is 0 Å². The van der Waals surface area contributed by atoms with Gasteiger partial charge in [-0.15, -0.1) is 0 Å². The molecule has 0 unspecified atom stereocenters. The Morgan fingerprint density at radius 3 is 2.41 bits per heavy atom. The summed E-state index contributed by atoms with van der Waals surface area (Å²) in [6.45, 7) is 3.72. The molecule has 4 rings (SSSR count). The predicted molar refractivity (Wildman–Crippen MR) is 130 cm³/mol. The lowest BCUT2D eigenvalue weighted by Crippen LogP contribution is -2.51. The molecule has 0 saturated heterocycles. The van der Waals surface area contributed by atoms with Crippen molar-refractivity contribution >= 4 is 43.6 Å². The summed E-state index contributed by atoms with van der Waals surface area (Å²) in [7, 11) is -2.16. The highest BCUT2D eigenvalue weighted by atomic mass is 33.1. The van der Waals surface area contributed by atoms with E-state index in [0.717, 1.165) is 38.8 Å². The number of hydrogen-bond donors (Lipinski definition) is 1. The Balaban J connectivity index is 1.75. The molecule has 1 aromatic carbocycles. The molecule has 0 amide bonds. The van der Waals surface area contributed by atoms with Gasteiger partial charge in [0, 0.05) is 48.5 Å². The number of aromatic nitrogens is 1. The van der Waals surface area contributed by atoms with Crippen LogP contribution in [0.1, 0.15) is 36.4 Å². The average Bonchev–Trinajstić information content (AvgIpc) is 3.16. The van der Waals surface area contributed by atoms with Gasteiger partial charge in [-0.1, -0.05) is 12.1 Å². The predicted octanol–water partition coefficient (Wildman–Crippen LogP) is 4.64. The van der Waals surface area contributed by atoms with Gasteiger partial charge in [0.1, 0.15) is 5.71 Å². The Morgan fingerprint density at radius 2 is 1.78 bits per heavy atom. The summed E-state index contributed by atoms with van der Waals surface area (Å²) < 4.78 is 56.2. The third kappa shape index (κ3) is 3.83. The number of fused-ring (bicyclic) bond motifs is 2. The van der Waals surface area contributed by atoms with Gasteiger partial charge in [-0.25, -0.2) is 8.42 Å². The minimum atomic E-state index is -3.98. The maximum atomic E-state index is 15.7. The van der Waals surface area contributed by atoms with Crippen LogP contribution in [0.4, 0.5) is 14.3 Å². The van der Waals surface area contributed by atoms with Crippen LogP contribution >= 0.6 is 10.8 Å². The highest BCUT2D eigenvalue weighted by Gasteiger charge is 2.55. The molecular weight excluding hydrogens is 451 g/mol. The first-order valence-electron chi connectivity index (χ1n) is 10.4. The Kier molecular flexibility index (Phi) is 5.65. The van der Waals surface area contributed by atoms with Crippen LogP contribution in [0.15, 0.2) is 47.7 Å². The molecule has 1 aromatic heterocycles. The summed E-state index contributed by atoms with van der Waals surface area (Å²) in [5.41, 5.74) is 6.35. The molecule has 1 N–H and O–H groups in total. The van der Waals surface area contributed by atoms with Gasteiger partial charge in [-0.3, -0.25) is 0 Å². The number of nitrogens with one attached hydrogen (secondary N) is 1. The van der Waals surface area contributed by atoms with Gasteiger partial charge in [-0.2, -0.15) is 0 Å². The van der Waals surface area contributed by atoms with E-state index in [4.69, 9.17) is 0 Å². The maximum Gasteiger partial charge on any atom is 0.737 e. The zero-order valence-electron chi connectivity index (χ0n) is 18.7. The van der Waals surface area contributed by atoms with Gasteiger partial charge < -0.3 is 22.9 Å². The molecule has 32 heavy (non-hydrogen) atoms. The number of benzene rings is 1. The third-order valence-corrected chi connectivity index (χ3v) is 8.42. The van der Waals surface area contributed by atoms with E-state index >= 15 is 8.63 Å². The molecule has 0 bridgehead atoms. The van der Waals surface area contributed by atoms with Crippen molar-refractivity contribution in [3.8, 4) is 0 Å². The lowest BCUT2D eigenvalue weighted by Gasteiger charge is -2.34. The molecule has 2 aliphatic heterocycles. The number of halogens is 2. The largest absolute Gasteiger partial charge is 0.737 e. The first-order valence-corrected chi connectivity index (χ1v) is 13.8. The minimum Gasteiger partial charge on any atom is -0.393 e. The summed E-state index contributed by atoms with van der Waals surface area (Å²) in [6, 6.07) is 9.47. The molecular formula is C22H26BF2N3O2S2. The number of anilines is 1. The molecule has 0 radical (unpaired) electrons. The van der Waals surface area contributed by atoms with Gasteiger partial charge in [0.2, 0.25) is 0 Å². The minimum absolute atomic E-state index is 0.438. The van der Waals surface area contributed by atoms with Crippen LogP contribution in [0.5, 0.6) is 0 Å². The summed E-state index contributed by atoms with van der Waals surface area (Å²) >= 11 is 0. The normalized spacial score (nSPS) is 17.4. The Morgan fingerprint density at radius 1 is 1.12 bits per heavy atom. The fourth-order valence-corrected chi connectivity index (χ4v) is 6.36. The number of allylic oxidation sites excluding steroid dienone is 2. The quantitative estimate of drug-likeness (QED) is 0.374. The van der Waals surface area contributed by atoms with E-state index in [1.807, 2.05) is 50.3 Å². The van der Waals surface area contributed by atoms with E-state index in [1.165, 1.54) is 15.2 Å². The molecule has 2 aliphatic rings. The molecule has 0 aliphatic carbocycles. The van der Waals surface area contributed by atoms with Gasteiger partial charge in [0.25, 0.3) is 0 Å². The van der Waals surface area contributed by atoms with Crippen LogP contribution in [0.3, 0.4) is 0 Å². The summed E-state index contributed by atoms with van der Waals surface area (Å²) in [5.74, 6) is 0.438. The SMILES string of the molecule is CC1=CC(C)=[N+]2C1=C(c1ccc(NCCSS(C)(=O)=O)cc1)c1c(C)cc(C)n1[B-]2(F)F. The monoisotopic (exact) mass is 477 g/mol. The first kappa shape index (κ1) is 22.9. The van der Waals surface area contributed by atoms with Crippen molar-refractivity contribution in [2.45, 2.75) is 27.7 Å². The summed E-state index contributed by atoms with van der Waals surface area (Å²) in [5, 5.41) is 3.21. The highest BCUT2D eigenvalue weighted by molar-refractivity contribution is 8.71. The second kappa shape index (κ2) is 7.92. The Hall–Kier alpha value is -2.33. The number of rotatable bonds is 6. The fourth-order valence-electron chi connectivity index (χ4n) is 4.72. The van der Waals surface area contributed by atoms with Crippen LogP contribution in [0.25, 0.3) is 5.57 Å². The molecule has 3 heterocycles. The van der Waals surface area contributed by atoms with Gasteiger partial charge in [-0.05, 0) is 66.6 Å². The van der Waals surface area contributed by atoms with Crippen molar-refractivity contribution in [2.75, 3.05) is 23.9 Å². The van der Waals surface area contributed by atoms with Crippen molar-refractivity contribution in [1.29, 1.82) is 0 Å². The fraction of sp³-hybridized carbons (Fsp3) is 0.318. The second-order valence-corrected chi connectivity index (χ2v) is 12.9. The van der Waals surface area contributed by atoms with Crippen molar-refractivity contribution in [2.24, 2.45) is 0 Å². The number of nitrogens with zero attached hydrogens (tertiary/aromatic N) is 2. The van der Waals surface area contributed by atoms with Crippen LogP contribution in [-0.2, 0) is 8.87 Å². The average molecular weight is 477 g/mol. The van der Waals surface area contributed by atoms with Gasteiger partial charge in [0.05, 0.1) is 5.57 Å². The third-order valence-electron chi connectivity index (χ3n) is 5.84. The van der Waals surface area contributed by atoms with Crippen molar-refractivity contribution < 1.29 is 21.5 Å². The Labute approximate surface area is 191 Å². The van der Waals surface area contributed by atoms with E-state index in [1.54, 1.807) is 13.8 Å². The zero-order chi connectivity index (χ0) is 23.4. The lowest BCUT2D eigenvalue weighted by atomic mass is 9.84. The van der Waals surface area contributed by atoms with Crippen molar-refractivity contribution in [3.63, 3.8) is 0 Å². The molecule has 0 spiro atoms. The highest BCUT2D eigenvalue weighted by Crippen LogP contribution is 2.44. The lowest BCUT2D eigenvalue weighted by molar-refractivity contribution is -0.363. The summed E-state index contributed by atoms with van der Waals surface area (Å²) in [4.78, 5) is 0. The van der Waals surface area contributed by atoms with Crippen LogP contribution < -0.4 is 5.32 Å².